The number of amides is 1. The first-order valence-electron chi connectivity index (χ1n) is 5.55. The Balaban J connectivity index is 2.22. The van der Waals surface area contributed by atoms with Crippen LogP contribution < -0.4 is 10.6 Å². The average molecular weight is 239 g/mol. The molecule has 0 spiro atoms. The van der Waals surface area contributed by atoms with Gasteiger partial charge in [0.1, 0.15) is 0 Å². The molecule has 1 atom stereocenters. The first-order valence-corrected chi connectivity index (χ1v) is 5.92. The van der Waals surface area contributed by atoms with Crippen molar-refractivity contribution in [2.75, 3.05) is 17.2 Å². The first-order chi connectivity index (χ1) is 7.70. The van der Waals surface area contributed by atoms with Gasteiger partial charge in [0.15, 0.2) is 0 Å². The zero-order valence-corrected chi connectivity index (χ0v) is 9.97. The van der Waals surface area contributed by atoms with E-state index >= 15 is 0 Å². The molecule has 1 unspecified atom stereocenters. The molecule has 3 nitrogen and oxygen atoms in total. The van der Waals surface area contributed by atoms with Gasteiger partial charge in [0, 0.05) is 11.6 Å². The summed E-state index contributed by atoms with van der Waals surface area (Å²) in [5, 5.41) is 6.86. The molecule has 1 amide bonds. The quantitative estimate of drug-likeness (QED) is 0.831. The van der Waals surface area contributed by atoms with E-state index in [-0.39, 0.29) is 11.8 Å². The Morgan fingerprint density at radius 3 is 3.00 bits per heavy atom. The Morgan fingerprint density at radius 2 is 2.25 bits per heavy atom. The Bertz CT molecular complexity index is 406. The number of rotatable bonds is 2. The largest absolute Gasteiger partial charge is 0.383 e. The molecule has 2 N–H and O–H groups in total. The van der Waals surface area contributed by atoms with Gasteiger partial charge in [-0.3, -0.25) is 4.79 Å². The molecule has 1 heterocycles. The molecule has 0 saturated carbocycles. The fourth-order valence-electron chi connectivity index (χ4n) is 1.91. The summed E-state index contributed by atoms with van der Waals surface area (Å²) in [5.74, 6) is 0.131. The predicted octanol–water partition coefficient (Wildman–Crippen LogP) is 3.12. The fraction of sp³-hybridized carbons (Fsp3) is 0.417. The van der Waals surface area contributed by atoms with Gasteiger partial charge in [0.25, 0.3) is 0 Å². The summed E-state index contributed by atoms with van der Waals surface area (Å²) >= 11 is 5.91. The molecule has 1 aromatic rings. The lowest BCUT2D eigenvalue weighted by Crippen LogP contribution is -2.25. The van der Waals surface area contributed by atoms with Crippen LogP contribution in [0.15, 0.2) is 18.2 Å². The minimum absolute atomic E-state index is 0.0381. The van der Waals surface area contributed by atoms with Crippen LogP contribution in [-0.4, -0.2) is 12.5 Å². The van der Waals surface area contributed by atoms with Gasteiger partial charge in [-0.1, -0.05) is 24.9 Å². The molecule has 86 valence electrons. The van der Waals surface area contributed by atoms with E-state index in [0.717, 1.165) is 24.2 Å². The van der Waals surface area contributed by atoms with E-state index in [0.29, 0.717) is 11.6 Å². The van der Waals surface area contributed by atoms with Crippen LogP contribution in [0.1, 0.15) is 19.8 Å². The van der Waals surface area contributed by atoms with Gasteiger partial charge in [-0.05, 0) is 24.6 Å². The Kier molecular flexibility index (Phi) is 3.34. The van der Waals surface area contributed by atoms with E-state index in [9.17, 15) is 4.79 Å². The van der Waals surface area contributed by atoms with Crippen molar-refractivity contribution in [3.8, 4) is 0 Å². The Morgan fingerprint density at radius 1 is 1.44 bits per heavy atom. The number of halogens is 1. The van der Waals surface area contributed by atoms with Crippen LogP contribution in [0.3, 0.4) is 0 Å². The summed E-state index contributed by atoms with van der Waals surface area (Å²) in [7, 11) is 0. The molecule has 0 saturated heterocycles. The van der Waals surface area contributed by atoms with Crippen LogP contribution in [0.4, 0.5) is 11.4 Å². The molecule has 2 rings (SSSR count). The second kappa shape index (κ2) is 4.74. The van der Waals surface area contributed by atoms with E-state index in [1.165, 1.54) is 0 Å². The number of fused-ring (bicyclic) bond motifs is 1. The van der Waals surface area contributed by atoms with Crippen LogP contribution in [-0.2, 0) is 4.79 Å². The number of anilines is 2. The van der Waals surface area contributed by atoms with E-state index in [1.807, 2.05) is 12.1 Å². The molecular formula is C12H15ClN2O. The van der Waals surface area contributed by atoms with Crippen molar-refractivity contribution < 1.29 is 4.79 Å². The lowest BCUT2D eigenvalue weighted by Gasteiger charge is -2.11. The van der Waals surface area contributed by atoms with Crippen molar-refractivity contribution in [2.24, 2.45) is 5.92 Å². The average Bonchev–Trinajstić information content (AvgIpc) is 2.40. The zero-order chi connectivity index (χ0) is 11.5. The highest BCUT2D eigenvalue weighted by Crippen LogP contribution is 2.29. The van der Waals surface area contributed by atoms with Crippen LogP contribution in [0, 0.1) is 5.92 Å². The third kappa shape index (κ3) is 2.30. The van der Waals surface area contributed by atoms with E-state index < -0.39 is 0 Å². The highest BCUT2D eigenvalue weighted by Gasteiger charge is 2.22. The summed E-state index contributed by atoms with van der Waals surface area (Å²) < 4.78 is 0. The van der Waals surface area contributed by atoms with Crippen molar-refractivity contribution in [2.45, 2.75) is 19.8 Å². The molecule has 16 heavy (non-hydrogen) atoms. The van der Waals surface area contributed by atoms with Gasteiger partial charge < -0.3 is 10.6 Å². The van der Waals surface area contributed by atoms with E-state index in [2.05, 4.69) is 17.6 Å². The van der Waals surface area contributed by atoms with Gasteiger partial charge in [-0.25, -0.2) is 0 Å². The molecule has 0 radical (unpaired) electrons. The highest BCUT2D eigenvalue weighted by molar-refractivity contribution is 6.31. The fourth-order valence-corrected chi connectivity index (χ4v) is 2.09. The maximum absolute atomic E-state index is 11.9. The van der Waals surface area contributed by atoms with Crippen molar-refractivity contribution in [3.05, 3.63) is 23.2 Å². The lowest BCUT2D eigenvalue weighted by molar-refractivity contribution is -0.119. The molecule has 1 aliphatic rings. The van der Waals surface area contributed by atoms with E-state index in [4.69, 9.17) is 11.6 Å². The van der Waals surface area contributed by atoms with Crippen LogP contribution in [0.2, 0.25) is 5.02 Å². The van der Waals surface area contributed by atoms with Gasteiger partial charge in [0.05, 0.1) is 17.3 Å². The minimum Gasteiger partial charge on any atom is -0.383 e. The molecule has 4 heteroatoms. The summed E-state index contributed by atoms with van der Waals surface area (Å²) in [6.07, 6.45) is 1.91. The van der Waals surface area contributed by atoms with Crippen molar-refractivity contribution in [3.63, 3.8) is 0 Å². The standard InChI is InChI=1S/C12H15ClN2O/c1-2-3-8-7-14-11-6-9(13)4-5-10(11)15-12(8)16/h4-6,8,14H,2-3,7H2,1H3,(H,15,16). The van der Waals surface area contributed by atoms with Crippen LogP contribution in [0.5, 0.6) is 0 Å². The lowest BCUT2D eigenvalue weighted by atomic mass is 10.0. The van der Waals surface area contributed by atoms with Crippen molar-refractivity contribution in [1.29, 1.82) is 0 Å². The number of benzene rings is 1. The minimum atomic E-state index is 0.0381. The molecule has 1 aromatic carbocycles. The maximum Gasteiger partial charge on any atom is 0.229 e. The smallest absolute Gasteiger partial charge is 0.229 e. The molecule has 1 aliphatic heterocycles. The number of carbonyl (C=O) groups excluding carboxylic acids is 1. The van der Waals surface area contributed by atoms with Crippen molar-refractivity contribution >= 4 is 28.9 Å². The maximum atomic E-state index is 11.9. The SMILES string of the molecule is CCCC1CNc2cc(Cl)ccc2NC1=O. The molecule has 0 aliphatic carbocycles. The molecule has 0 bridgehead atoms. The second-order valence-electron chi connectivity index (χ2n) is 4.05. The second-order valence-corrected chi connectivity index (χ2v) is 4.48. The van der Waals surface area contributed by atoms with E-state index in [1.54, 1.807) is 6.07 Å². The monoisotopic (exact) mass is 238 g/mol. The third-order valence-electron chi connectivity index (χ3n) is 2.79. The highest BCUT2D eigenvalue weighted by atomic mass is 35.5. The van der Waals surface area contributed by atoms with Crippen LogP contribution in [0.25, 0.3) is 0 Å². The molecule has 0 aromatic heterocycles. The Hall–Kier alpha value is -1.22. The summed E-state index contributed by atoms with van der Waals surface area (Å²) in [6, 6.07) is 5.45. The topological polar surface area (TPSA) is 41.1 Å². The Labute approximate surface area is 100 Å². The first kappa shape index (κ1) is 11.3. The number of carbonyl (C=O) groups is 1. The van der Waals surface area contributed by atoms with Gasteiger partial charge in [-0.2, -0.15) is 0 Å². The molecule has 0 fully saturated rings. The number of hydrogen-bond donors (Lipinski definition) is 2. The summed E-state index contributed by atoms with van der Waals surface area (Å²) in [4.78, 5) is 11.9. The van der Waals surface area contributed by atoms with Gasteiger partial charge >= 0.3 is 0 Å². The number of hydrogen-bond acceptors (Lipinski definition) is 2. The summed E-state index contributed by atoms with van der Waals surface area (Å²) in [5.41, 5.74) is 1.72. The summed E-state index contributed by atoms with van der Waals surface area (Å²) in [6.45, 7) is 2.76. The predicted molar refractivity (Wildman–Crippen MR) is 67.0 cm³/mol. The van der Waals surface area contributed by atoms with Gasteiger partial charge in [0.2, 0.25) is 5.91 Å². The molecular weight excluding hydrogens is 224 g/mol. The van der Waals surface area contributed by atoms with Gasteiger partial charge in [-0.15, -0.1) is 0 Å². The zero-order valence-electron chi connectivity index (χ0n) is 9.22. The normalized spacial score (nSPS) is 19.4. The van der Waals surface area contributed by atoms with Crippen molar-refractivity contribution in [1.82, 2.24) is 0 Å². The van der Waals surface area contributed by atoms with Crippen LogP contribution >= 0.6 is 11.6 Å². The number of nitrogens with one attached hydrogen (secondary N) is 2. The third-order valence-corrected chi connectivity index (χ3v) is 3.02.